The van der Waals surface area contributed by atoms with Gasteiger partial charge in [0.05, 0.1) is 29.3 Å². The van der Waals surface area contributed by atoms with E-state index in [4.69, 9.17) is 10.5 Å². The van der Waals surface area contributed by atoms with Crippen LogP contribution in [0.2, 0.25) is 0 Å². The largest absolute Gasteiger partial charge is 0.418 e. The van der Waals surface area contributed by atoms with Gasteiger partial charge in [-0.25, -0.2) is 0 Å². The second kappa shape index (κ2) is 3.97. The predicted molar refractivity (Wildman–Crippen MR) is 43.3 cm³/mol. The molecular formula is C9H4F3N3. The van der Waals surface area contributed by atoms with Crippen LogP contribution >= 0.6 is 0 Å². The molecular weight excluding hydrogens is 207 g/mol. The summed E-state index contributed by atoms with van der Waals surface area (Å²) in [6.45, 7) is 0. The van der Waals surface area contributed by atoms with Gasteiger partial charge in [-0.05, 0) is 6.07 Å². The molecule has 0 aliphatic rings. The number of alkyl halides is 3. The van der Waals surface area contributed by atoms with Crippen molar-refractivity contribution in [1.29, 1.82) is 10.5 Å². The van der Waals surface area contributed by atoms with Crippen LogP contribution in [0, 0.1) is 22.7 Å². The van der Waals surface area contributed by atoms with E-state index in [9.17, 15) is 13.2 Å². The fraction of sp³-hybridized carbons (Fsp3) is 0.222. The highest BCUT2D eigenvalue weighted by Crippen LogP contribution is 2.31. The minimum atomic E-state index is -4.59. The summed E-state index contributed by atoms with van der Waals surface area (Å²) < 4.78 is 37.3. The van der Waals surface area contributed by atoms with E-state index in [0.29, 0.717) is 6.07 Å². The number of rotatable bonds is 1. The third-order valence-electron chi connectivity index (χ3n) is 1.65. The molecule has 0 amide bonds. The van der Waals surface area contributed by atoms with Crippen LogP contribution < -0.4 is 0 Å². The molecule has 1 aromatic heterocycles. The lowest BCUT2D eigenvalue weighted by atomic mass is 10.1. The quantitative estimate of drug-likeness (QED) is 0.714. The van der Waals surface area contributed by atoms with Crippen molar-refractivity contribution in [3.8, 4) is 12.1 Å². The Bertz CT molecular complexity index is 451. The fourth-order valence-corrected chi connectivity index (χ4v) is 1.02. The maximum Gasteiger partial charge on any atom is 0.418 e. The molecule has 15 heavy (non-hydrogen) atoms. The molecule has 0 aromatic carbocycles. The second-order valence-corrected chi connectivity index (χ2v) is 2.66. The van der Waals surface area contributed by atoms with Crippen LogP contribution in [0.3, 0.4) is 0 Å². The molecule has 0 saturated carbocycles. The highest BCUT2D eigenvalue weighted by molar-refractivity contribution is 5.35. The molecule has 1 aromatic rings. The Balaban J connectivity index is 3.32. The zero-order chi connectivity index (χ0) is 11.5. The van der Waals surface area contributed by atoms with Crippen LogP contribution in [0.4, 0.5) is 13.2 Å². The molecule has 0 fully saturated rings. The van der Waals surface area contributed by atoms with Crippen molar-refractivity contribution < 1.29 is 13.2 Å². The predicted octanol–water partition coefficient (Wildman–Crippen LogP) is 2.04. The van der Waals surface area contributed by atoms with Crippen molar-refractivity contribution in [3.05, 3.63) is 29.1 Å². The topological polar surface area (TPSA) is 60.5 Å². The monoisotopic (exact) mass is 211 g/mol. The number of halogens is 3. The Labute approximate surface area is 83.4 Å². The van der Waals surface area contributed by atoms with Gasteiger partial charge in [-0.3, -0.25) is 4.98 Å². The first-order valence-electron chi connectivity index (χ1n) is 3.82. The maximum absolute atomic E-state index is 12.4. The number of hydrogen-bond donors (Lipinski definition) is 0. The van der Waals surface area contributed by atoms with E-state index in [1.165, 1.54) is 0 Å². The van der Waals surface area contributed by atoms with Crippen molar-refractivity contribution in [2.45, 2.75) is 12.6 Å². The smallest absolute Gasteiger partial charge is 0.258 e. The van der Waals surface area contributed by atoms with Gasteiger partial charge in [0, 0.05) is 6.20 Å². The summed E-state index contributed by atoms with van der Waals surface area (Å²) in [4.78, 5) is 3.44. The van der Waals surface area contributed by atoms with Crippen LogP contribution in [0.25, 0.3) is 0 Å². The average Bonchev–Trinajstić information content (AvgIpc) is 2.17. The van der Waals surface area contributed by atoms with E-state index < -0.39 is 18.2 Å². The zero-order valence-electron chi connectivity index (χ0n) is 7.34. The molecule has 0 N–H and O–H groups in total. The van der Waals surface area contributed by atoms with Crippen LogP contribution in [-0.2, 0) is 12.6 Å². The molecule has 0 unspecified atom stereocenters. The fourth-order valence-electron chi connectivity index (χ4n) is 1.02. The minimum absolute atomic E-state index is 0.177. The van der Waals surface area contributed by atoms with E-state index >= 15 is 0 Å². The second-order valence-electron chi connectivity index (χ2n) is 2.66. The van der Waals surface area contributed by atoms with E-state index in [0.717, 1.165) is 6.20 Å². The summed E-state index contributed by atoms with van der Waals surface area (Å²) in [6, 6.07) is 3.85. The minimum Gasteiger partial charge on any atom is -0.258 e. The molecule has 0 spiro atoms. The lowest BCUT2D eigenvalue weighted by molar-refractivity contribution is -0.138. The van der Waals surface area contributed by atoms with E-state index in [1.807, 2.05) is 0 Å². The summed E-state index contributed by atoms with van der Waals surface area (Å²) in [5, 5.41) is 16.7. The van der Waals surface area contributed by atoms with Gasteiger partial charge in [0.1, 0.15) is 6.07 Å². The Morgan fingerprint density at radius 3 is 2.47 bits per heavy atom. The third-order valence-corrected chi connectivity index (χ3v) is 1.65. The van der Waals surface area contributed by atoms with Crippen molar-refractivity contribution in [1.82, 2.24) is 4.98 Å². The van der Waals surface area contributed by atoms with Gasteiger partial charge in [0.25, 0.3) is 0 Å². The van der Waals surface area contributed by atoms with Crippen LogP contribution in [0.1, 0.15) is 16.8 Å². The molecule has 6 heteroatoms. The molecule has 0 aliphatic heterocycles. The number of aromatic nitrogens is 1. The molecule has 1 rings (SSSR count). The van der Waals surface area contributed by atoms with Gasteiger partial charge < -0.3 is 0 Å². The van der Waals surface area contributed by atoms with Crippen LogP contribution in [0.5, 0.6) is 0 Å². The zero-order valence-corrected chi connectivity index (χ0v) is 7.34. The summed E-state index contributed by atoms with van der Waals surface area (Å²) in [5.74, 6) is 0. The molecule has 0 aliphatic carbocycles. The normalized spacial score (nSPS) is 10.5. The molecule has 0 saturated heterocycles. The van der Waals surface area contributed by atoms with Crippen molar-refractivity contribution >= 4 is 0 Å². The molecule has 0 atom stereocenters. The SMILES string of the molecule is N#CCc1ncc(C#N)cc1C(F)(F)F. The van der Waals surface area contributed by atoms with Gasteiger partial charge in [0.2, 0.25) is 0 Å². The van der Waals surface area contributed by atoms with Gasteiger partial charge in [-0.2, -0.15) is 23.7 Å². The summed E-state index contributed by atoms with van der Waals surface area (Å²) >= 11 is 0. The molecule has 1 heterocycles. The highest BCUT2D eigenvalue weighted by atomic mass is 19.4. The van der Waals surface area contributed by atoms with Crippen molar-refractivity contribution in [2.24, 2.45) is 0 Å². The Morgan fingerprint density at radius 2 is 2.00 bits per heavy atom. The molecule has 0 radical (unpaired) electrons. The summed E-state index contributed by atoms with van der Waals surface area (Å²) in [6.07, 6.45) is -4.01. The first-order chi connectivity index (χ1) is 6.99. The Hall–Kier alpha value is -2.08. The van der Waals surface area contributed by atoms with Crippen LogP contribution in [0.15, 0.2) is 12.3 Å². The van der Waals surface area contributed by atoms with Gasteiger partial charge in [-0.15, -0.1) is 0 Å². The summed E-state index contributed by atoms with van der Waals surface area (Å²) in [7, 11) is 0. The standard InChI is InChI=1S/C9H4F3N3/c10-9(11,12)7-3-6(4-14)5-15-8(7)1-2-13/h3,5H,1H2. The first kappa shape index (κ1) is 11.0. The number of hydrogen-bond acceptors (Lipinski definition) is 3. The van der Waals surface area contributed by atoms with Crippen LogP contribution in [-0.4, -0.2) is 4.98 Å². The van der Waals surface area contributed by atoms with E-state index in [2.05, 4.69) is 4.98 Å². The number of pyridine rings is 1. The molecule has 76 valence electrons. The highest BCUT2D eigenvalue weighted by Gasteiger charge is 2.34. The lowest BCUT2D eigenvalue weighted by Crippen LogP contribution is -2.11. The third kappa shape index (κ3) is 2.44. The maximum atomic E-state index is 12.4. The molecule has 0 bridgehead atoms. The lowest BCUT2D eigenvalue weighted by Gasteiger charge is -2.09. The van der Waals surface area contributed by atoms with Crippen molar-refractivity contribution in [3.63, 3.8) is 0 Å². The van der Waals surface area contributed by atoms with Gasteiger partial charge in [-0.1, -0.05) is 0 Å². The van der Waals surface area contributed by atoms with Gasteiger partial charge in [0.15, 0.2) is 0 Å². The average molecular weight is 211 g/mol. The van der Waals surface area contributed by atoms with Gasteiger partial charge >= 0.3 is 6.18 Å². The number of nitrogens with zero attached hydrogens (tertiary/aromatic N) is 3. The Morgan fingerprint density at radius 1 is 1.33 bits per heavy atom. The van der Waals surface area contributed by atoms with E-state index in [1.54, 1.807) is 12.1 Å². The molecule has 3 nitrogen and oxygen atoms in total. The Kier molecular flexibility index (Phi) is 2.91. The number of nitriles is 2. The van der Waals surface area contributed by atoms with Crippen molar-refractivity contribution in [2.75, 3.05) is 0 Å². The van der Waals surface area contributed by atoms with E-state index in [-0.39, 0.29) is 11.3 Å². The summed E-state index contributed by atoms with van der Waals surface area (Å²) in [5.41, 5.74) is -1.56. The first-order valence-corrected chi connectivity index (χ1v) is 3.82.